The van der Waals surface area contributed by atoms with Gasteiger partial charge < -0.3 is 15.1 Å². The summed E-state index contributed by atoms with van der Waals surface area (Å²) < 4.78 is 37.7. The molecule has 0 bridgehead atoms. The molecule has 122 valence electrons. The Morgan fingerprint density at radius 2 is 2.09 bits per heavy atom. The topological polar surface area (TPSA) is 48.5 Å². The van der Waals surface area contributed by atoms with E-state index in [-0.39, 0.29) is 23.3 Å². The van der Waals surface area contributed by atoms with Crippen LogP contribution in [-0.2, 0) is 11.0 Å². The lowest BCUT2D eigenvalue weighted by atomic mass is 10.2. The predicted octanol–water partition coefficient (Wildman–Crippen LogP) is 1.62. The van der Waals surface area contributed by atoms with Crippen LogP contribution in [0.4, 0.5) is 19.0 Å². The number of anilines is 1. The molecule has 22 heavy (non-hydrogen) atoms. The number of nitrogens with zero attached hydrogens (tertiary/aromatic N) is 3. The van der Waals surface area contributed by atoms with E-state index < -0.39 is 11.7 Å². The van der Waals surface area contributed by atoms with Crippen LogP contribution in [-0.4, -0.2) is 55.6 Å². The van der Waals surface area contributed by atoms with E-state index in [1.54, 1.807) is 11.9 Å². The largest absolute Gasteiger partial charge is 0.417 e. The van der Waals surface area contributed by atoms with Gasteiger partial charge in [0.2, 0.25) is 5.91 Å². The molecule has 5 nitrogen and oxygen atoms in total. The SMILES string of the molecule is CN(CC(=O)N1CCNCC1)c1ncc(C(F)(F)F)cc1Cl. The third-order valence-electron chi connectivity index (χ3n) is 3.35. The Morgan fingerprint density at radius 3 is 2.64 bits per heavy atom. The smallest absolute Gasteiger partial charge is 0.349 e. The number of carbonyl (C=O) groups excluding carboxylic acids is 1. The lowest BCUT2D eigenvalue weighted by Crippen LogP contribution is -2.49. The number of pyridine rings is 1. The van der Waals surface area contributed by atoms with Crippen LogP contribution in [0.3, 0.4) is 0 Å². The molecule has 0 spiro atoms. The first-order valence-corrected chi connectivity index (χ1v) is 7.09. The molecule has 0 radical (unpaired) electrons. The van der Waals surface area contributed by atoms with E-state index in [1.165, 1.54) is 4.90 Å². The van der Waals surface area contributed by atoms with Crippen molar-refractivity contribution in [1.82, 2.24) is 15.2 Å². The molecular weight excluding hydrogens is 321 g/mol. The average Bonchev–Trinajstić information content (AvgIpc) is 2.46. The maximum Gasteiger partial charge on any atom is 0.417 e. The molecule has 1 N–H and O–H groups in total. The number of halogens is 4. The number of nitrogens with one attached hydrogen (secondary N) is 1. The molecule has 9 heteroatoms. The van der Waals surface area contributed by atoms with Crippen LogP contribution in [0.5, 0.6) is 0 Å². The zero-order valence-electron chi connectivity index (χ0n) is 12.0. The van der Waals surface area contributed by atoms with Gasteiger partial charge in [0.25, 0.3) is 0 Å². The van der Waals surface area contributed by atoms with Gasteiger partial charge in [0.15, 0.2) is 0 Å². The summed E-state index contributed by atoms with van der Waals surface area (Å²) in [7, 11) is 1.57. The Kier molecular flexibility index (Phi) is 5.12. The van der Waals surface area contributed by atoms with Crippen LogP contribution in [0, 0.1) is 0 Å². The van der Waals surface area contributed by atoms with E-state index in [0.717, 1.165) is 19.2 Å². The van der Waals surface area contributed by atoms with Crippen LogP contribution in [0.25, 0.3) is 0 Å². The molecule has 2 heterocycles. The Hall–Kier alpha value is -1.54. The molecule has 0 aliphatic carbocycles. The quantitative estimate of drug-likeness (QED) is 0.911. The second-order valence-corrected chi connectivity index (χ2v) is 5.42. The normalized spacial score (nSPS) is 15.8. The molecule has 1 saturated heterocycles. The third-order valence-corrected chi connectivity index (χ3v) is 3.63. The number of aromatic nitrogens is 1. The number of likely N-dealkylation sites (N-methyl/N-ethyl adjacent to an activating group) is 1. The van der Waals surface area contributed by atoms with Crippen molar-refractivity contribution in [3.63, 3.8) is 0 Å². The lowest BCUT2D eigenvalue weighted by Gasteiger charge is -2.29. The first-order chi connectivity index (χ1) is 10.3. The minimum atomic E-state index is -4.50. The Balaban J connectivity index is 2.06. The number of alkyl halides is 3. The Bertz CT molecular complexity index is 547. The number of amides is 1. The van der Waals surface area contributed by atoms with Crippen molar-refractivity contribution in [3.05, 3.63) is 22.8 Å². The van der Waals surface area contributed by atoms with E-state index >= 15 is 0 Å². The fourth-order valence-electron chi connectivity index (χ4n) is 2.16. The van der Waals surface area contributed by atoms with Crippen molar-refractivity contribution in [2.24, 2.45) is 0 Å². The van der Waals surface area contributed by atoms with Gasteiger partial charge in [-0.15, -0.1) is 0 Å². The van der Waals surface area contributed by atoms with Gasteiger partial charge in [0.05, 0.1) is 17.1 Å². The highest BCUT2D eigenvalue weighted by Gasteiger charge is 2.32. The number of piperazine rings is 1. The molecule has 0 atom stereocenters. The zero-order chi connectivity index (χ0) is 16.3. The molecular formula is C13H16ClF3N4O. The van der Waals surface area contributed by atoms with E-state index in [4.69, 9.17) is 11.6 Å². The highest BCUT2D eigenvalue weighted by Crippen LogP contribution is 2.33. The number of hydrogen-bond acceptors (Lipinski definition) is 4. The van der Waals surface area contributed by atoms with Crippen LogP contribution in [0.1, 0.15) is 5.56 Å². The van der Waals surface area contributed by atoms with Gasteiger partial charge in [0.1, 0.15) is 5.82 Å². The monoisotopic (exact) mass is 336 g/mol. The van der Waals surface area contributed by atoms with Gasteiger partial charge in [-0.25, -0.2) is 4.98 Å². The maximum atomic E-state index is 12.6. The minimum Gasteiger partial charge on any atom is -0.349 e. The molecule has 1 fully saturated rings. The minimum absolute atomic E-state index is 0.0120. The van der Waals surface area contributed by atoms with Gasteiger partial charge in [-0.1, -0.05) is 11.6 Å². The average molecular weight is 337 g/mol. The molecule has 1 aliphatic rings. The molecule has 1 aliphatic heterocycles. The fourth-order valence-corrected chi connectivity index (χ4v) is 2.47. The number of rotatable bonds is 3. The van der Waals surface area contributed by atoms with Gasteiger partial charge in [-0.05, 0) is 6.07 Å². The van der Waals surface area contributed by atoms with Crippen LogP contribution in [0.15, 0.2) is 12.3 Å². The van der Waals surface area contributed by atoms with Gasteiger partial charge in [-0.2, -0.15) is 13.2 Å². The molecule has 2 rings (SSSR count). The second-order valence-electron chi connectivity index (χ2n) is 5.01. The second kappa shape index (κ2) is 6.70. The third kappa shape index (κ3) is 4.01. The summed E-state index contributed by atoms with van der Waals surface area (Å²) in [5, 5.41) is 3.00. The summed E-state index contributed by atoms with van der Waals surface area (Å²) in [5.74, 6) is 0.0416. The van der Waals surface area contributed by atoms with E-state index in [1.807, 2.05) is 0 Å². The fraction of sp³-hybridized carbons (Fsp3) is 0.538. The summed E-state index contributed by atoms with van der Waals surface area (Å²) in [5.41, 5.74) is -0.914. The van der Waals surface area contributed by atoms with Crippen molar-refractivity contribution in [3.8, 4) is 0 Å². The van der Waals surface area contributed by atoms with Crippen LogP contribution >= 0.6 is 11.6 Å². The lowest BCUT2D eigenvalue weighted by molar-refractivity contribution is -0.137. The van der Waals surface area contributed by atoms with Gasteiger partial charge in [-0.3, -0.25) is 4.79 Å². The summed E-state index contributed by atoms with van der Waals surface area (Å²) >= 11 is 5.86. The van der Waals surface area contributed by atoms with Crippen LogP contribution < -0.4 is 10.2 Å². The number of hydrogen-bond donors (Lipinski definition) is 1. The summed E-state index contributed by atoms with van der Waals surface area (Å²) in [6.07, 6.45) is -3.78. The molecule has 1 aromatic rings. The van der Waals surface area contributed by atoms with E-state index in [0.29, 0.717) is 19.3 Å². The highest BCUT2D eigenvalue weighted by atomic mass is 35.5. The first kappa shape index (κ1) is 16.8. The standard InChI is InChI=1S/C13H16ClF3N4O/c1-20(8-11(22)21-4-2-18-3-5-21)12-10(14)6-9(7-19-12)13(15,16)17/h6-7,18H,2-5,8H2,1H3. The Labute approximate surface area is 131 Å². The highest BCUT2D eigenvalue weighted by molar-refractivity contribution is 6.33. The summed E-state index contributed by atoms with van der Waals surface area (Å²) in [6.45, 7) is 2.70. The predicted molar refractivity (Wildman–Crippen MR) is 77.0 cm³/mol. The van der Waals surface area contributed by atoms with Crippen molar-refractivity contribution in [1.29, 1.82) is 0 Å². The summed E-state index contributed by atoms with van der Waals surface area (Å²) in [4.78, 5) is 19.0. The van der Waals surface area contributed by atoms with E-state index in [2.05, 4.69) is 10.3 Å². The van der Waals surface area contributed by atoms with Crippen LogP contribution in [0.2, 0.25) is 5.02 Å². The molecule has 1 amide bonds. The van der Waals surface area contributed by atoms with Crippen molar-refractivity contribution in [2.45, 2.75) is 6.18 Å². The summed E-state index contributed by atoms with van der Waals surface area (Å²) in [6, 6.07) is 0.815. The van der Waals surface area contributed by atoms with Gasteiger partial charge in [0, 0.05) is 39.4 Å². The maximum absolute atomic E-state index is 12.6. The van der Waals surface area contributed by atoms with Crippen molar-refractivity contribution >= 4 is 23.3 Å². The number of carbonyl (C=O) groups is 1. The van der Waals surface area contributed by atoms with Gasteiger partial charge >= 0.3 is 6.18 Å². The molecule has 0 aromatic carbocycles. The van der Waals surface area contributed by atoms with E-state index in [9.17, 15) is 18.0 Å². The molecule has 0 saturated carbocycles. The van der Waals surface area contributed by atoms with Crippen molar-refractivity contribution in [2.75, 3.05) is 44.7 Å². The van der Waals surface area contributed by atoms with Crippen molar-refractivity contribution < 1.29 is 18.0 Å². The zero-order valence-corrected chi connectivity index (χ0v) is 12.7. The Morgan fingerprint density at radius 1 is 1.45 bits per heavy atom. The first-order valence-electron chi connectivity index (χ1n) is 6.71. The molecule has 1 aromatic heterocycles. The molecule has 0 unspecified atom stereocenters.